The molecule has 1 atom stereocenters. The third-order valence-electron chi connectivity index (χ3n) is 4.11. The molecule has 0 N–H and O–H groups in total. The molecular weight excluding hydrogens is 278 g/mol. The molecule has 3 rings (SSSR count). The predicted molar refractivity (Wildman–Crippen MR) is 84.7 cm³/mol. The van der Waals surface area contributed by atoms with Crippen LogP contribution in [0.4, 0.5) is 0 Å². The number of nitrogens with zero attached hydrogens (tertiary/aromatic N) is 3. The van der Waals surface area contributed by atoms with Crippen LogP contribution in [0.5, 0.6) is 5.75 Å². The highest BCUT2D eigenvalue weighted by Gasteiger charge is 2.22. The Hall–Kier alpha value is -1.85. The second-order valence-corrected chi connectivity index (χ2v) is 5.84. The number of benzene rings is 1. The van der Waals surface area contributed by atoms with Crippen LogP contribution in [0.3, 0.4) is 0 Å². The monoisotopic (exact) mass is 301 g/mol. The minimum Gasteiger partial charge on any atom is -0.497 e. The molecule has 0 fully saturated rings. The van der Waals surface area contributed by atoms with Crippen molar-refractivity contribution in [2.24, 2.45) is 5.92 Å². The summed E-state index contributed by atoms with van der Waals surface area (Å²) in [5.41, 5.74) is 2.57. The summed E-state index contributed by atoms with van der Waals surface area (Å²) in [6, 6.07) is 10.4. The molecule has 1 aliphatic heterocycles. The third-order valence-corrected chi connectivity index (χ3v) is 4.11. The van der Waals surface area contributed by atoms with E-state index in [-0.39, 0.29) is 0 Å². The normalized spacial score (nSPS) is 18.7. The lowest BCUT2D eigenvalue weighted by Gasteiger charge is -2.23. The zero-order chi connectivity index (χ0) is 15.4. The molecule has 0 radical (unpaired) electrons. The van der Waals surface area contributed by atoms with Crippen molar-refractivity contribution in [2.75, 3.05) is 27.4 Å². The molecule has 5 heteroatoms. The lowest BCUT2D eigenvalue weighted by Crippen LogP contribution is -2.29. The van der Waals surface area contributed by atoms with Gasteiger partial charge in [0.25, 0.3) is 0 Å². The molecule has 1 aromatic carbocycles. The Balaban J connectivity index is 1.73. The van der Waals surface area contributed by atoms with Gasteiger partial charge in [-0.25, -0.2) is 0 Å². The first-order valence-electron chi connectivity index (χ1n) is 7.63. The topological polar surface area (TPSA) is 39.5 Å². The second kappa shape index (κ2) is 6.94. The number of hydrogen-bond acceptors (Lipinski definition) is 4. The molecule has 0 bridgehead atoms. The van der Waals surface area contributed by atoms with Crippen LogP contribution < -0.4 is 4.74 Å². The Morgan fingerprint density at radius 3 is 2.68 bits per heavy atom. The summed E-state index contributed by atoms with van der Waals surface area (Å²) in [6.45, 7) is 4.55. The Morgan fingerprint density at radius 2 is 1.95 bits per heavy atom. The number of rotatable bonds is 5. The second-order valence-electron chi connectivity index (χ2n) is 5.84. The molecular formula is C17H23N3O2. The van der Waals surface area contributed by atoms with Gasteiger partial charge < -0.3 is 9.47 Å². The maximum atomic E-state index is 5.37. The van der Waals surface area contributed by atoms with Crippen molar-refractivity contribution < 1.29 is 9.47 Å². The van der Waals surface area contributed by atoms with Crippen molar-refractivity contribution in [1.29, 1.82) is 0 Å². The number of ether oxygens (including phenoxy) is 2. The van der Waals surface area contributed by atoms with Gasteiger partial charge in [-0.2, -0.15) is 5.10 Å². The van der Waals surface area contributed by atoms with E-state index in [1.807, 2.05) is 18.3 Å². The van der Waals surface area contributed by atoms with Gasteiger partial charge in [-0.05, 0) is 23.8 Å². The van der Waals surface area contributed by atoms with Crippen LogP contribution >= 0.6 is 0 Å². The van der Waals surface area contributed by atoms with E-state index >= 15 is 0 Å². The lowest BCUT2D eigenvalue weighted by atomic mass is 10.1. The average Bonchev–Trinajstić information content (AvgIpc) is 2.88. The SMILES string of the molecule is COC[C@H]1CN(Cc2ccc(OC)cc2)Cc2ccnn2C1. The molecule has 2 aromatic rings. The van der Waals surface area contributed by atoms with Gasteiger partial charge in [0.15, 0.2) is 0 Å². The molecule has 2 heterocycles. The van der Waals surface area contributed by atoms with Crippen LogP contribution in [-0.4, -0.2) is 42.1 Å². The summed E-state index contributed by atoms with van der Waals surface area (Å²) >= 11 is 0. The zero-order valence-corrected chi connectivity index (χ0v) is 13.2. The van der Waals surface area contributed by atoms with Crippen molar-refractivity contribution in [3.63, 3.8) is 0 Å². The zero-order valence-electron chi connectivity index (χ0n) is 13.2. The van der Waals surface area contributed by atoms with E-state index in [1.54, 1.807) is 14.2 Å². The van der Waals surface area contributed by atoms with E-state index < -0.39 is 0 Å². The third kappa shape index (κ3) is 3.48. The number of methoxy groups -OCH3 is 2. The number of aromatic nitrogens is 2. The van der Waals surface area contributed by atoms with E-state index in [4.69, 9.17) is 9.47 Å². The van der Waals surface area contributed by atoms with E-state index in [0.29, 0.717) is 5.92 Å². The smallest absolute Gasteiger partial charge is 0.118 e. The lowest BCUT2D eigenvalue weighted by molar-refractivity contribution is 0.114. The quantitative estimate of drug-likeness (QED) is 0.848. The van der Waals surface area contributed by atoms with Gasteiger partial charge in [-0.1, -0.05) is 12.1 Å². The predicted octanol–water partition coefficient (Wildman–Crippen LogP) is 2.17. The molecule has 22 heavy (non-hydrogen) atoms. The van der Waals surface area contributed by atoms with Crippen LogP contribution in [-0.2, 0) is 24.4 Å². The maximum Gasteiger partial charge on any atom is 0.118 e. The summed E-state index contributed by atoms with van der Waals surface area (Å²) in [5.74, 6) is 1.36. The molecule has 5 nitrogen and oxygen atoms in total. The van der Waals surface area contributed by atoms with Crippen molar-refractivity contribution >= 4 is 0 Å². The summed E-state index contributed by atoms with van der Waals surface area (Å²) < 4.78 is 12.7. The first-order valence-corrected chi connectivity index (χ1v) is 7.63. The number of fused-ring (bicyclic) bond motifs is 1. The van der Waals surface area contributed by atoms with Gasteiger partial charge in [-0.15, -0.1) is 0 Å². The molecule has 0 aliphatic carbocycles. The van der Waals surface area contributed by atoms with Crippen LogP contribution in [0.2, 0.25) is 0 Å². The van der Waals surface area contributed by atoms with E-state index in [0.717, 1.165) is 38.5 Å². The van der Waals surface area contributed by atoms with Crippen LogP contribution in [0.25, 0.3) is 0 Å². The summed E-state index contributed by atoms with van der Waals surface area (Å²) in [5, 5.41) is 4.43. The first-order chi connectivity index (χ1) is 10.8. The highest BCUT2D eigenvalue weighted by Crippen LogP contribution is 2.19. The van der Waals surface area contributed by atoms with E-state index in [9.17, 15) is 0 Å². The van der Waals surface area contributed by atoms with Gasteiger partial charge >= 0.3 is 0 Å². The van der Waals surface area contributed by atoms with Gasteiger partial charge in [0, 0.05) is 45.4 Å². The highest BCUT2D eigenvalue weighted by atomic mass is 16.5. The average molecular weight is 301 g/mol. The van der Waals surface area contributed by atoms with Crippen molar-refractivity contribution in [3.05, 3.63) is 47.8 Å². The molecule has 1 aliphatic rings. The van der Waals surface area contributed by atoms with E-state index in [1.165, 1.54) is 11.3 Å². The largest absolute Gasteiger partial charge is 0.497 e. The Morgan fingerprint density at radius 1 is 1.14 bits per heavy atom. The molecule has 1 aromatic heterocycles. The minimum absolute atomic E-state index is 0.462. The molecule has 0 saturated heterocycles. The Labute approximate surface area is 131 Å². The minimum atomic E-state index is 0.462. The molecule has 0 saturated carbocycles. The van der Waals surface area contributed by atoms with Crippen molar-refractivity contribution in [3.8, 4) is 5.75 Å². The van der Waals surface area contributed by atoms with Gasteiger partial charge in [0.05, 0.1) is 19.4 Å². The highest BCUT2D eigenvalue weighted by molar-refractivity contribution is 5.27. The van der Waals surface area contributed by atoms with E-state index in [2.05, 4.69) is 32.9 Å². The standard InChI is InChI=1S/C17H23N3O2/c1-21-13-15-10-19(12-16-7-8-18-20(16)11-15)9-14-3-5-17(22-2)6-4-14/h3-8,15H,9-13H2,1-2H3/t15-/m0/s1. The fourth-order valence-corrected chi connectivity index (χ4v) is 3.07. The summed E-state index contributed by atoms with van der Waals surface area (Å²) in [7, 11) is 3.46. The summed E-state index contributed by atoms with van der Waals surface area (Å²) in [4.78, 5) is 2.46. The fraction of sp³-hybridized carbons (Fsp3) is 0.471. The van der Waals surface area contributed by atoms with Crippen LogP contribution in [0.15, 0.2) is 36.5 Å². The van der Waals surface area contributed by atoms with Gasteiger partial charge in [0.2, 0.25) is 0 Å². The fourth-order valence-electron chi connectivity index (χ4n) is 3.07. The maximum absolute atomic E-state index is 5.37. The molecule has 0 unspecified atom stereocenters. The molecule has 118 valence electrons. The van der Waals surface area contributed by atoms with Gasteiger partial charge in [0.1, 0.15) is 5.75 Å². The Kier molecular flexibility index (Phi) is 4.75. The Bertz CT molecular complexity index is 594. The van der Waals surface area contributed by atoms with Crippen molar-refractivity contribution in [1.82, 2.24) is 14.7 Å². The molecule has 0 amide bonds. The molecule has 0 spiro atoms. The number of hydrogen-bond donors (Lipinski definition) is 0. The van der Waals surface area contributed by atoms with Gasteiger partial charge in [-0.3, -0.25) is 9.58 Å². The van der Waals surface area contributed by atoms with Crippen LogP contribution in [0, 0.1) is 5.92 Å². The van der Waals surface area contributed by atoms with Crippen LogP contribution in [0.1, 0.15) is 11.3 Å². The van der Waals surface area contributed by atoms with Crippen molar-refractivity contribution in [2.45, 2.75) is 19.6 Å². The summed E-state index contributed by atoms with van der Waals surface area (Å²) in [6.07, 6.45) is 1.88. The first kappa shape index (κ1) is 15.1.